The molecule has 5 rings (SSSR count). The van der Waals surface area contributed by atoms with Crippen LogP contribution in [0.3, 0.4) is 0 Å². The molecule has 0 spiro atoms. The highest BCUT2D eigenvalue weighted by Gasteiger charge is 2.31. The molecule has 0 fully saturated rings. The van der Waals surface area contributed by atoms with Gasteiger partial charge in [-0.2, -0.15) is 4.72 Å². The molecule has 0 saturated heterocycles. The molecule has 0 bridgehead atoms. The molecule has 5 aromatic rings. The van der Waals surface area contributed by atoms with Crippen molar-refractivity contribution in [3.63, 3.8) is 0 Å². The third kappa shape index (κ3) is 5.16. The molecule has 196 valence electrons. The Morgan fingerprint density at radius 3 is 2.05 bits per heavy atom. The fourth-order valence-corrected chi connectivity index (χ4v) is 6.10. The van der Waals surface area contributed by atoms with E-state index >= 15 is 0 Å². The molecule has 1 atom stereocenters. The van der Waals surface area contributed by atoms with E-state index in [0.717, 1.165) is 0 Å². The summed E-state index contributed by atoms with van der Waals surface area (Å²) in [6, 6.07) is 30.8. The number of rotatable bonds is 7. The summed E-state index contributed by atoms with van der Waals surface area (Å²) in [5.74, 6) is -0.785. The minimum atomic E-state index is -4.13. The first-order chi connectivity index (χ1) is 18.8. The van der Waals surface area contributed by atoms with Crippen molar-refractivity contribution in [2.75, 3.05) is 7.11 Å². The number of carbonyl (C=O) groups is 1. The van der Waals surface area contributed by atoms with Gasteiger partial charge in [-0.15, -0.1) is 0 Å². The van der Waals surface area contributed by atoms with Gasteiger partial charge in [0.05, 0.1) is 12.0 Å². The van der Waals surface area contributed by atoms with E-state index in [9.17, 15) is 18.0 Å². The number of ether oxygens (including phenoxy) is 1. The zero-order valence-electron chi connectivity index (χ0n) is 20.7. The third-order valence-corrected chi connectivity index (χ3v) is 8.23. The van der Waals surface area contributed by atoms with Gasteiger partial charge in [0.2, 0.25) is 10.0 Å². The molecule has 0 aliphatic rings. The third-order valence-electron chi connectivity index (χ3n) is 6.31. The average molecular weight is 603 g/mol. The van der Waals surface area contributed by atoms with Crippen LogP contribution < -0.4 is 10.3 Å². The SMILES string of the molecule is COC(=O)c1c(-c2ccccc2)c2cc(Br)ccc2c(=O)n1C(NS(=O)(=O)c1ccccc1)c1ccccc1. The summed E-state index contributed by atoms with van der Waals surface area (Å²) >= 11 is 3.48. The standard InChI is InChI=1S/C30H23BrN2O5S/c1-38-30(35)27-26(20-11-5-2-6-12-20)25-19-22(31)17-18-24(25)29(34)33(27)28(21-13-7-3-8-14-21)32-39(36,37)23-15-9-4-10-16-23/h2-19,28,32H,1H3. The molecule has 0 saturated carbocycles. The molecular weight excluding hydrogens is 580 g/mol. The largest absolute Gasteiger partial charge is 0.464 e. The molecule has 1 N–H and O–H groups in total. The van der Waals surface area contributed by atoms with E-state index in [1.807, 2.05) is 30.3 Å². The zero-order valence-corrected chi connectivity index (χ0v) is 23.1. The van der Waals surface area contributed by atoms with Gasteiger partial charge in [-0.3, -0.25) is 9.36 Å². The molecule has 4 aromatic carbocycles. The lowest BCUT2D eigenvalue weighted by Crippen LogP contribution is -2.41. The topological polar surface area (TPSA) is 94.5 Å². The number of methoxy groups -OCH3 is 1. The number of benzene rings is 4. The number of hydrogen-bond acceptors (Lipinski definition) is 5. The van der Waals surface area contributed by atoms with E-state index in [4.69, 9.17) is 4.74 Å². The Morgan fingerprint density at radius 2 is 1.44 bits per heavy atom. The van der Waals surface area contributed by atoms with Gasteiger partial charge in [-0.05, 0) is 46.8 Å². The van der Waals surface area contributed by atoms with E-state index in [1.165, 1.54) is 23.8 Å². The number of halogens is 1. The van der Waals surface area contributed by atoms with Gasteiger partial charge in [-0.1, -0.05) is 94.8 Å². The highest BCUT2D eigenvalue weighted by Crippen LogP contribution is 2.35. The Morgan fingerprint density at radius 1 is 0.846 bits per heavy atom. The highest BCUT2D eigenvalue weighted by molar-refractivity contribution is 9.10. The fraction of sp³-hybridized carbons (Fsp3) is 0.0667. The van der Waals surface area contributed by atoms with Crippen molar-refractivity contribution in [3.05, 3.63) is 135 Å². The van der Waals surface area contributed by atoms with Crippen LogP contribution in [0.25, 0.3) is 21.9 Å². The van der Waals surface area contributed by atoms with E-state index in [0.29, 0.717) is 31.9 Å². The smallest absolute Gasteiger partial charge is 0.355 e. The first-order valence-corrected chi connectivity index (χ1v) is 14.2. The summed E-state index contributed by atoms with van der Waals surface area (Å²) < 4.78 is 36.9. The predicted molar refractivity (Wildman–Crippen MR) is 154 cm³/mol. The first-order valence-electron chi connectivity index (χ1n) is 12.0. The Kier molecular flexibility index (Phi) is 7.47. The van der Waals surface area contributed by atoms with Gasteiger partial charge < -0.3 is 4.74 Å². The van der Waals surface area contributed by atoms with Crippen LogP contribution in [-0.2, 0) is 14.8 Å². The molecule has 39 heavy (non-hydrogen) atoms. The van der Waals surface area contributed by atoms with Crippen molar-refractivity contribution in [1.82, 2.24) is 9.29 Å². The lowest BCUT2D eigenvalue weighted by molar-refractivity contribution is 0.0586. The van der Waals surface area contributed by atoms with Crippen LogP contribution in [0.2, 0.25) is 0 Å². The van der Waals surface area contributed by atoms with Crippen LogP contribution in [0.1, 0.15) is 22.2 Å². The number of nitrogens with one attached hydrogen (secondary N) is 1. The summed E-state index contributed by atoms with van der Waals surface area (Å²) in [5, 5.41) is 0.833. The Bertz CT molecular complexity index is 1820. The van der Waals surface area contributed by atoms with Crippen molar-refractivity contribution in [2.45, 2.75) is 11.1 Å². The average Bonchev–Trinajstić information content (AvgIpc) is 2.97. The molecule has 0 radical (unpaired) electrons. The fourth-order valence-electron chi connectivity index (χ4n) is 4.55. The molecule has 0 aliphatic heterocycles. The van der Waals surface area contributed by atoms with Gasteiger partial charge in [0.25, 0.3) is 5.56 Å². The van der Waals surface area contributed by atoms with Crippen LogP contribution in [-0.4, -0.2) is 26.1 Å². The first kappa shape index (κ1) is 26.6. The molecule has 9 heteroatoms. The molecular formula is C30H23BrN2O5S. The summed E-state index contributed by atoms with van der Waals surface area (Å²) in [6.45, 7) is 0. The molecule has 0 amide bonds. The van der Waals surface area contributed by atoms with Crippen LogP contribution in [0.15, 0.2) is 123 Å². The lowest BCUT2D eigenvalue weighted by Gasteiger charge is -2.27. The number of nitrogens with zero attached hydrogens (tertiary/aromatic N) is 1. The molecule has 7 nitrogen and oxygen atoms in total. The van der Waals surface area contributed by atoms with Gasteiger partial charge in [0, 0.05) is 15.4 Å². The number of aromatic nitrogens is 1. The second kappa shape index (κ2) is 11.0. The number of esters is 1. The van der Waals surface area contributed by atoms with Crippen molar-refractivity contribution in [2.24, 2.45) is 0 Å². The Balaban J connectivity index is 1.91. The maximum absolute atomic E-state index is 14.2. The zero-order chi connectivity index (χ0) is 27.6. The maximum atomic E-state index is 14.2. The van der Waals surface area contributed by atoms with Crippen LogP contribution in [0.4, 0.5) is 0 Å². The molecule has 1 aromatic heterocycles. The number of pyridine rings is 1. The second-order valence-electron chi connectivity index (χ2n) is 8.69. The van der Waals surface area contributed by atoms with Crippen molar-refractivity contribution in [3.8, 4) is 11.1 Å². The number of carbonyl (C=O) groups excluding carboxylic acids is 1. The Labute approximate surface area is 233 Å². The number of fused-ring (bicyclic) bond motifs is 1. The van der Waals surface area contributed by atoms with Gasteiger partial charge in [-0.25, -0.2) is 13.2 Å². The van der Waals surface area contributed by atoms with E-state index in [2.05, 4.69) is 20.7 Å². The maximum Gasteiger partial charge on any atom is 0.355 e. The lowest BCUT2D eigenvalue weighted by atomic mass is 9.96. The van der Waals surface area contributed by atoms with Gasteiger partial charge in [0.1, 0.15) is 11.9 Å². The quantitative estimate of drug-likeness (QED) is 0.240. The summed E-state index contributed by atoms with van der Waals surface area (Å²) in [5.41, 5.74) is 0.927. The molecule has 1 unspecified atom stereocenters. The predicted octanol–water partition coefficient (Wildman–Crippen LogP) is 5.74. The van der Waals surface area contributed by atoms with E-state index in [-0.39, 0.29) is 10.6 Å². The normalized spacial score (nSPS) is 12.3. The van der Waals surface area contributed by atoms with Crippen LogP contribution in [0.5, 0.6) is 0 Å². The second-order valence-corrected chi connectivity index (χ2v) is 11.3. The van der Waals surface area contributed by atoms with Crippen LogP contribution >= 0.6 is 15.9 Å². The van der Waals surface area contributed by atoms with E-state index in [1.54, 1.807) is 66.7 Å². The summed E-state index contributed by atoms with van der Waals surface area (Å²) in [7, 11) is -2.90. The number of sulfonamides is 1. The minimum Gasteiger partial charge on any atom is -0.464 e. The summed E-state index contributed by atoms with van der Waals surface area (Å²) in [6.07, 6.45) is -1.27. The minimum absolute atomic E-state index is 0.0200. The monoisotopic (exact) mass is 602 g/mol. The highest BCUT2D eigenvalue weighted by atomic mass is 79.9. The van der Waals surface area contributed by atoms with Crippen molar-refractivity contribution in [1.29, 1.82) is 0 Å². The van der Waals surface area contributed by atoms with Crippen LogP contribution in [0, 0.1) is 0 Å². The van der Waals surface area contributed by atoms with Gasteiger partial charge in [0.15, 0.2) is 0 Å². The van der Waals surface area contributed by atoms with Crippen molar-refractivity contribution < 1.29 is 17.9 Å². The van der Waals surface area contributed by atoms with Gasteiger partial charge >= 0.3 is 5.97 Å². The molecule has 0 aliphatic carbocycles. The number of hydrogen-bond donors (Lipinski definition) is 1. The van der Waals surface area contributed by atoms with Crippen molar-refractivity contribution >= 4 is 42.7 Å². The molecule has 1 heterocycles. The Hall–Kier alpha value is -4.05. The van der Waals surface area contributed by atoms with E-state index < -0.39 is 27.7 Å². The summed E-state index contributed by atoms with van der Waals surface area (Å²) in [4.78, 5) is 27.7.